The van der Waals surface area contributed by atoms with E-state index in [-0.39, 0.29) is 18.7 Å². The third-order valence-corrected chi connectivity index (χ3v) is 3.07. The van der Waals surface area contributed by atoms with Crippen LogP contribution in [0.2, 0.25) is 0 Å². The van der Waals surface area contributed by atoms with Gasteiger partial charge in [0.05, 0.1) is 6.54 Å². The van der Waals surface area contributed by atoms with E-state index >= 15 is 0 Å². The molecule has 0 saturated carbocycles. The van der Waals surface area contributed by atoms with Crippen LogP contribution in [0, 0.1) is 6.92 Å². The lowest BCUT2D eigenvalue weighted by molar-refractivity contribution is -0.141. The van der Waals surface area contributed by atoms with Gasteiger partial charge in [-0.25, -0.2) is 4.79 Å². The second kappa shape index (κ2) is 4.60. The highest BCUT2D eigenvalue weighted by Crippen LogP contribution is 2.19. The molecule has 1 aromatic carbocycles. The number of rotatable bonds is 2. The second-order valence-electron chi connectivity index (χ2n) is 4.34. The van der Waals surface area contributed by atoms with Crippen LogP contribution in [0.1, 0.15) is 22.3 Å². The standard InChI is InChI=1S/C13H13NO4/c1-8-4-2-3-5-10(8)12(16)14-7-9(15)6-11(14)13(17)18/h2-5,11H,6-7H2,1H3,(H,17,18). The number of ketones is 1. The zero-order chi connectivity index (χ0) is 13.3. The van der Waals surface area contributed by atoms with Gasteiger partial charge in [0.2, 0.25) is 0 Å². The molecule has 0 aliphatic carbocycles. The summed E-state index contributed by atoms with van der Waals surface area (Å²) in [5.41, 5.74) is 1.21. The first-order chi connectivity index (χ1) is 8.50. The first-order valence-electron chi connectivity index (χ1n) is 5.62. The number of carboxylic acid groups (broad SMARTS) is 1. The first kappa shape index (κ1) is 12.3. The molecule has 5 nitrogen and oxygen atoms in total. The summed E-state index contributed by atoms with van der Waals surface area (Å²) >= 11 is 0. The molecule has 1 saturated heterocycles. The summed E-state index contributed by atoms with van der Waals surface area (Å²) in [5, 5.41) is 9.02. The normalized spacial score (nSPS) is 19.1. The van der Waals surface area contributed by atoms with Crippen molar-refractivity contribution in [2.24, 2.45) is 0 Å². The van der Waals surface area contributed by atoms with Gasteiger partial charge in [-0.1, -0.05) is 18.2 Å². The number of carboxylic acids is 1. The first-order valence-corrected chi connectivity index (χ1v) is 5.62. The lowest BCUT2D eigenvalue weighted by atomic mass is 10.1. The van der Waals surface area contributed by atoms with Crippen LogP contribution in [0.3, 0.4) is 0 Å². The lowest BCUT2D eigenvalue weighted by Gasteiger charge is -2.21. The third-order valence-electron chi connectivity index (χ3n) is 3.07. The molecule has 1 N–H and O–H groups in total. The Labute approximate surface area is 104 Å². The largest absolute Gasteiger partial charge is 0.480 e. The molecule has 94 valence electrons. The van der Waals surface area contributed by atoms with Crippen molar-refractivity contribution >= 4 is 17.7 Å². The van der Waals surface area contributed by atoms with Gasteiger partial charge in [0.1, 0.15) is 6.04 Å². The molecule has 1 atom stereocenters. The molecule has 0 aromatic heterocycles. The SMILES string of the molecule is Cc1ccccc1C(=O)N1CC(=O)CC1C(=O)O. The van der Waals surface area contributed by atoms with Gasteiger partial charge in [-0.15, -0.1) is 0 Å². The number of hydrogen-bond donors (Lipinski definition) is 1. The fourth-order valence-corrected chi connectivity index (χ4v) is 2.09. The predicted octanol–water partition coefficient (Wildman–Crippen LogP) is 0.863. The Kier molecular flexibility index (Phi) is 3.14. The molecule has 1 aromatic rings. The van der Waals surface area contributed by atoms with E-state index in [4.69, 9.17) is 5.11 Å². The average Bonchev–Trinajstić information content (AvgIpc) is 2.71. The Morgan fingerprint density at radius 1 is 1.33 bits per heavy atom. The molecule has 2 rings (SSSR count). The Morgan fingerprint density at radius 2 is 2.00 bits per heavy atom. The number of carbonyl (C=O) groups excluding carboxylic acids is 2. The van der Waals surface area contributed by atoms with Crippen molar-refractivity contribution in [3.05, 3.63) is 35.4 Å². The minimum Gasteiger partial charge on any atom is -0.480 e. The zero-order valence-electron chi connectivity index (χ0n) is 9.92. The molecule has 0 bridgehead atoms. The molecule has 1 amide bonds. The average molecular weight is 247 g/mol. The summed E-state index contributed by atoms with van der Waals surface area (Å²) in [6.45, 7) is 1.66. The summed E-state index contributed by atoms with van der Waals surface area (Å²) in [4.78, 5) is 35.7. The van der Waals surface area contributed by atoms with E-state index in [1.165, 1.54) is 0 Å². The maximum atomic E-state index is 12.2. The molecule has 5 heteroatoms. The maximum Gasteiger partial charge on any atom is 0.326 e. The monoisotopic (exact) mass is 247 g/mol. The number of nitrogens with zero attached hydrogens (tertiary/aromatic N) is 1. The van der Waals surface area contributed by atoms with Gasteiger partial charge in [0, 0.05) is 12.0 Å². The summed E-state index contributed by atoms with van der Waals surface area (Å²) < 4.78 is 0. The minimum atomic E-state index is -1.14. The fraction of sp³-hybridized carbons (Fsp3) is 0.308. The number of hydrogen-bond acceptors (Lipinski definition) is 3. The van der Waals surface area contributed by atoms with E-state index in [0.29, 0.717) is 5.56 Å². The van der Waals surface area contributed by atoms with Crippen LogP contribution in [-0.4, -0.2) is 40.3 Å². The van der Waals surface area contributed by atoms with Crippen molar-refractivity contribution in [2.45, 2.75) is 19.4 Å². The topological polar surface area (TPSA) is 74.7 Å². The Hall–Kier alpha value is -2.17. The molecule has 1 aliphatic heterocycles. The molecule has 1 aliphatic rings. The lowest BCUT2D eigenvalue weighted by Crippen LogP contribution is -2.40. The van der Waals surface area contributed by atoms with Crippen molar-refractivity contribution in [2.75, 3.05) is 6.54 Å². The number of aryl methyl sites for hydroxylation is 1. The predicted molar refractivity (Wildman–Crippen MR) is 63.3 cm³/mol. The van der Waals surface area contributed by atoms with E-state index in [0.717, 1.165) is 10.5 Å². The number of likely N-dealkylation sites (tertiary alicyclic amines) is 1. The highest BCUT2D eigenvalue weighted by atomic mass is 16.4. The molecule has 1 heterocycles. The van der Waals surface area contributed by atoms with E-state index in [1.807, 2.05) is 0 Å². The molecule has 1 fully saturated rings. The van der Waals surface area contributed by atoms with Crippen molar-refractivity contribution in [1.29, 1.82) is 0 Å². The van der Waals surface area contributed by atoms with Crippen LogP contribution in [0.25, 0.3) is 0 Å². The Bertz CT molecular complexity index is 523. The fourth-order valence-electron chi connectivity index (χ4n) is 2.09. The number of aliphatic carboxylic acids is 1. The van der Waals surface area contributed by atoms with Crippen LogP contribution in [0.5, 0.6) is 0 Å². The number of carbonyl (C=O) groups is 3. The van der Waals surface area contributed by atoms with Gasteiger partial charge in [-0.2, -0.15) is 0 Å². The van der Waals surface area contributed by atoms with Crippen LogP contribution in [0.15, 0.2) is 24.3 Å². The summed E-state index contributed by atoms with van der Waals surface area (Å²) in [6, 6.07) is 5.90. The molecule has 18 heavy (non-hydrogen) atoms. The van der Waals surface area contributed by atoms with Gasteiger partial charge in [0.15, 0.2) is 5.78 Å². The highest BCUT2D eigenvalue weighted by molar-refractivity contribution is 6.03. The van der Waals surface area contributed by atoms with E-state index in [1.54, 1.807) is 31.2 Å². The second-order valence-corrected chi connectivity index (χ2v) is 4.34. The van der Waals surface area contributed by atoms with Gasteiger partial charge in [-0.3, -0.25) is 9.59 Å². The minimum absolute atomic E-state index is 0.104. The van der Waals surface area contributed by atoms with Crippen LogP contribution < -0.4 is 0 Å². The van der Waals surface area contributed by atoms with E-state index in [2.05, 4.69) is 0 Å². The highest BCUT2D eigenvalue weighted by Gasteiger charge is 2.39. The van der Waals surface area contributed by atoms with Gasteiger partial charge in [-0.05, 0) is 18.6 Å². The van der Waals surface area contributed by atoms with Crippen LogP contribution in [-0.2, 0) is 9.59 Å². The number of Topliss-reactive ketones (excluding diaryl/α,β-unsaturated/α-hetero) is 1. The summed E-state index contributed by atoms with van der Waals surface area (Å²) in [7, 11) is 0. The smallest absolute Gasteiger partial charge is 0.326 e. The van der Waals surface area contributed by atoms with E-state index < -0.39 is 17.9 Å². The molecular formula is C13H13NO4. The van der Waals surface area contributed by atoms with Crippen molar-refractivity contribution in [3.63, 3.8) is 0 Å². The summed E-state index contributed by atoms with van der Waals surface area (Å²) in [6.07, 6.45) is -0.104. The zero-order valence-corrected chi connectivity index (χ0v) is 9.92. The molecular weight excluding hydrogens is 234 g/mol. The quantitative estimate of drug-likeness (QED) is 0.841. The van der Waals surface area contributed by atoms with Gasteiger partial charge < -0.3 is 10.0 Å². The number of benzene rings is 1. The van der Waals surface area contributed by atoms with Crippen LogP contribution >= 0.6 is 0 Å². The Balaban J connectivity index is 2.31. The van der Waals surface area contributed by atoms with Gasteiger partial charge >= 0.3 is 5.97 Å². The molecule has 1 unspecified atom stereocenters. The van der Waals surface area contributed by atoms with E-state index in [9.17, 15) is 14.4 Å². The molecule has 0 spiro atoms. The molecule has 0 radical (unpaired) electrons. The Morgan fingerprint density at radius 3 is 2.61 bits per heavy atom. The third kappa shape index (κ3) is 2.11. The van der Waals surface area contributed by atoms with Crippen molar-refractivity contribution < 1.29 is 19.5 Å². The summed E-state index contributed by atoms with van der Waals surface area (Å²) in [5.74, 6) is -1.75. The van der Waals surface area contributed by atoms with Crippen molar-refractivity contribution in [3.8, 4) is 0 Å². The number of amides is 1. The maximum absolute atomic E-state index is 12.2. The van der Waals surface area contributed by atoms with Crippen LogP contribution in [0.4, 0.5) is 0 Å². The van der Waals surface area contributed by atoms with Gasteiger partial charge in [0.25, 0.3) is 5.91 Å². The van der Waals surface area contributed by atoms with Crippen molar-refractivity contribution in [1.82, 2.24) is 4.90 Å².